The molecule has 0 fully saturated rings. The van der Waals surface area contributed by atoms with E-state index in [-0.39, 0.29) is 8.59 Å². The van der Waals surface area contributed by atoms with Crippen LogP contribution in [0.15, 0.2) is 58.7 Å². The third-order valence-electron chi connectivity index (χ3n) is 7.20. The Hall–Kier alpha value is 0.150. The second kappa shape index (κ2) is 6.10. The topological polar surface area (TPSA) is 0 Å². The van der Waals surface area contributed by atoms with Gasteiger partial charge in [-0.15, -0.1) is 0 Å². The number of rotatable bonds is 3. The molecule has 2 bridgehead atoms. The van der Waals surface area contributed by atoms with Gasteiger partial charge in [0.05, 0.1) is 0 Å². The minimum atomic E-state index is -2.89. The van der Waals surface area contributed by atoms with Gasteiger partial charge in [-0.3, -0.25) is 0 Å². The molecule has 0 N–H and O–H groups in total. The van der Waals surface area contributed by atoms with E-state index in [0.29, 0.717) is 11.8 Å². The molecule has 3 heteroatoms. The van der Waals surface area contributed by atoms with Crippen molar-refractivity contribution in [2.75, 3.05) is 0 Å². The molecule has 4 aliphatic rings. The summed E-state index contributed by atoms with van der Waals surface area (Å²) in [6.45, 7) is 7.23. The Balaban J connectivity index is 2.04. The third-order valence-corrected chi connectivity index (χ3v) is 18.0. The molecule has 0 heterocycles. The monoisotopic (exact) mass is 527 g/mol. The number of fused-ring (bicyclic) bond motifs is 1. The summed E-state index contributed by atoms with van der Waals surface area (Å²) >= 11 is -2.89. The number of hydrogen-bond donors (Lipinski definition) is 0. The van der Waals surface area contributed by atoms with E-state index in [9.17, 15) is 0 Å². The van der Waals surface area contributed by atoms with Gasteiger partial charge < -0.3 is 0 Å². The Morgan fingerprint density at radius 2 is 2.04 bits per heavy atom. The van der Waals surface area contributed by atoms with Crippen molar-refractivity contribution in [1.82, 2.24) is 0 Å². The van der Waals surface area contributed by atoms with Gasteiger partial charge >= 0.3 is 162 Å². The van der Waals surface area contributed by atoms with Gasteiger partial charge in [-0.1, -0.05) is 0 Å². The zero-order chi connectivity index (χ0) is 17.1. The Morgan fingerprint density at radius 1 is 1.25 bits per heavy atom. The van der Waals surface area contributed by atoms with Crippen molar-refractivity contribution >= 4 is 17.2 Å². The predicted octanol–water partition coefficient (Wildman–Crippen LogP) is 7.23. The van der Waals surface area contributed by atoms with Crippen LogP contribution in [0.1, 0.15) is 46.5 Å². The average molecular weight is 527 g/mol. The number of allylic oxidation sites excluding steroid dienone is 10. The van der Waals surface area contributed by atoms with Crippen LogP contribution in [0.2, 0.25) is 3.17 Å². The van der Waals surface area contributed by atoms with Crippen LogP contribution in [-0.2, 0) is 19.1 Å². The molecule has 0 radical (unpaired) electrons. The van der Waals surface area contributed by atoms with Crippen LogP contribution in [0.3, 0.4) is 0 Å². The molecule has 4 rings (SSSR count). The van der Waals surface area contributed by atoms with Gasteiger partial charge in [-0.05, 0) is 0 Å². The molecule has 0 spiro atoms. The van der Waals surface area contributed by atoms with Crippen molar-refractivity contribution in [3.05, 3.63) is 58.7 Å². The van der Waals surface area contributed by atoms with Crippen LogP contribution in [-0.4, -0.2) is 0 Å². The van der Waals surface area contributed by atoms with E-state index in [2.05, 4.69) is 57.2 Å². The van der Waals surface area contributed by atoms with Crippen LogP contribution in [0.25, 0.3) is 0 Å². The van der Waals surface area contributed by atoms with Gasteiger partial charge in [0.2, 0.25) is 0 Å². The summed E-state index contributed by atoms with van der Waals surface area (Å²) in [4.78, 5) is 0. The molecule has 0 amide bonds. The van der Waals surface area contributed by atoms with Crippen LogP contribution >= 0.6 is 17.2 Å². The molecular weight excluding hydrogens is 502 g/mol. The zero-order valence-corrected chi connectivity index (χ0v) is 19.8. The van der Waals surface area contributed by atoms with Crippen LogP contribution in [0, 0.1) is 17.3 Å². The Labute approximate surface area is 161 Å². The first-order chi connectivity index (χ1) is 11.5. The molecule has 0 aliphatic heterocycles. The van der Waals surface area contributed by atoms with Crippen LogP contribution in [0.4, 0.5) is 0 Å². The SMILES string of the molecule is CCC1(C)C2=C3C(=CC=CC(CC2)C3C)[C]1(C1=CC=CC1)[Hf]([Cl])[Cl]. The maximum absolute atomic E-state index is 7.06. The van der Waals surface area contributed by atoms with Crippen LogP contribution in [0.5, 0.6) is 0 Å². The fourth-order valence-electron chi connectivity index (χ4n) is 5.83. The first kappa shape index (κ1) is 17.6. The molecule has 0 aromatic heterocycles. The van der Waals surface area contributed by atoms with Crippen molar-refractivity contribution in [3.63, 3.8) is 0 Å². The van der Waals surface area contributed by atoms with Gasteiger partial charge in [0.15, 0.2) is 0 Å². The molecular formula is C21H25Cl2Hf. The molecule has 0 saturated heterocycles. The number of halogens is 2. The summed E-state index contributed by atoms with van der Waals surface area (Å²) in [7, 11) is 14.1. The van der Waals surface area contributed by atoms with E-state index in [4.69, 9.17) is 17.2 Å². The number of hydrogen-bond acceptors (Lipinski definition) is 0. The summed E-state index contributed by atoms with van der Waals surface area (Å²) in [6.07, 6.45) is 18.5. The van der Waals surface area contributed by atoms with E-state index in [1.54, 1.807) is 11.1 Å². The molecule has 127 valence electrons. The second-order valence-electron chi connectivity index (χ2n) is 7.87. The Kier molecular flexibility index (Phi) is 4.46. The first-order valence-electron chi connectivity index (χ1n) is 9.16. The Bertz CT molecular complexity index is 724. The third kappa shape index (κ3) is 2.01. The van der Waals surface area contributed by atoms with Crippen molar-refractivity contribution < 1.29 is 19.1 Å². The fraction of sp³-hybridized carbons (Fsp3) is 0.524. The van der Waals surface area contributed by atoms with Gasteiger partial charge in [0.25, 0.3) is 0 Å². The van der Waals surface area contributed by atoms with E-state index in [0.717, 1.165) is 12.8 Å². The fourth-order valence-corrected chi connectivity index (χ4v) is 18.6. The Morgan fingerprint density at radius 3 is 2.67 bits per heavy atom. The van der Waals surface area contributed by atoms with Gasteiger partial charge in [-0.2, -0.15) is 0 Å². The molecule has 24 heavy (non-hydrogen) atoms. The molecule has 0 aromatic rings. The summed E-state index contributed by atoms with van der Waals surface area (Å²) in [5, 5.41) is 0. The standard InChI is InChI=1S/C21H25.2ClH.Hf/c1-4-21(3)18-13-12-15-10-7-11-17(19(18)14(15)2)20(21)16-8-5-6-9-16;;;/h5-8,10-11,14-15H,4,9,12-13H2,1-3H3;2*1H;/q;;;+2/p-2. The molecule has 0 saturated carbocycles. The molecule has 4 atom stereocenters. The summed E-state index contributed by atoms with van der Waals surface area (Å²) in [5.74, 6) is 1.27. The van der Waals surface area contributed by atoms with Crippen molar-refractivity contribution in [3.8, 4) is 0 Å². The molecule has 0 aromatic carbocycles. The summed E-state index contributed by atoms with van der Waals surface area (Å²) < 4.78 is -0.0818. The van der Waals surface area contributed by atoms with Crippen molar-refractivity contribution in [2.45, 2.75) is 49.6 Å². The minimum absolute atomic E-state index is 0.0818. The first-order valence-corrected chi connectivity index (χ1v) is 19.9. The summed E-state index contributed by atoms with van der Waals surface area (Å²) in [5.41, 5.74) is 6.38. The van der Waals surface area contributed by atoms with Crippen molar-refractivity contribution in [2.24, 2.45) is 17.3 Å². The second-order valence-corrected chi connectivity index (χ2v) is 20.2. The van der Waals surface area contributed by atoms with E-state index in [1.165, 1.54) is 24.0 Å². The van der Waals surface area contributed by atoms with E-state index < -0.39 is 19.1 Å². The van der Waals surface area contributed by atoms with Gasteiger partial charge in [0, 0.05) is 0 Å². The average Bonchev–Trinajstić information content (AvgIpc) is 3.13. The summed E-state index contributed by atoms with van der Waals surface area (Å²) in [6, 6.07) is 0. The zero-order valence-electron chi connectivity index (χ0n) is 14.7. The quantitative estimate of drug-likeness (QED) is 0.341. The predicted molar refractivity (Wildman–Crippen MR) is 101 cm³/mol. The molecule has 0 nitrogen and oxygen atoms in total. The normalized spacial score (nSPS) is 39.9. The van der Waals surface area contributed by atoms with Gasteiger partial charge in [-0.25, -0.2) is 0 Å². The van der Waals surface area contributed by atoms with Crippen molar-refractivity contribution in [1.29, 1.82) is 0 Å². The van der Waals surface area contributed by atoms with Gasteiger partial charge in [0.1, 0.15) is 0 Å². The van der Waals surface area contributed by atoms with E-state index >= 15 is 0 Å². The van der Waals surface area contributed by atoms with E-state index in [1.807, 2.05) is 0 Å². The molecule has 4 unspecified atom stereocenters. The maximum atomic E-state index is 7.06. The molecule has 4 aliphatic carbocycles. The van der Waals surface area contributed by atoms with Crippen LogP contribution < -0.4 is 0 Å².